The number of carboxylic acid groups (broad SMARTS) is 2. The number of ether oxygens (including phenoxy) is 1. The third-order valence-electron chi connectivity index (χ3n) is 4.72. The van der Waals surface area contributed by atoms with Crippen LogP contribution in [0.2, 0.25) is 0 Å². The second-order valence-electron chi connectivity index (χ2n) is 7.93. The number of carbonyl (C=O) groups excluding carboxylic acids is 2. The fourth-order valence-electron chi connectivity index (χ4n) is 2.74. The Morgan fingerprint density at radius 3 is 2.11 bits per heavy atom. The van der Waals surface area contributed by atoms with Crippen molar-refractivity contribution in [3.63, 3.8) is 0 Å². The van der Waals surface area contributed by atoms with Gasteiger partial charge in [0.25, 0.3) is 5.91 Å². The van der Waals surface area contributed by atoms with Crippen LogP contribution in [-0.4, -0.2) is 62.5 Å². The van der Waals surface area contributed by atoms with Gasteiger partial charge in [-0.1, -0.05) is 39.8 Å². The number of anilines is 1. The Kier molecular flexibility index (Phi) is 10.1. The van der Waals surface area contributed by atoms with Crippen LogP contribution in [0.25, 0.3) is 0 Å². The van der Waals surface area contributed by atoms with Gasteiger partial charge in [-0.05, 0) is 50.2 Å². The molecule has 188 valence electrons. The summed E-state index contributed by atoms with van der Waals surface area (Å²) in [7, 11) is 1.80. The van der Waals surface area contributed by atoms with E-state index in [0.717, 1.165) is 21.6 Å². The molecule has 2 aromatic rings. The average molecular weight is 522 g/mol. The second-order valence-corrected chi connectivity index (χ2v) is 10.5. The first kappa shape index (κ1) is 28.2. The lowest BCUT2D eigenvalue weighted by Gasteiger charge is -2.30. The Hall–Kier alpha value is -3.06. The molecule has 1 amide bonds. The minimum atomic E-state index is -1.54. The van der Waals surface area contributed by atoms with E-state index in [1.165, 1.54) is 13.8 Å². The van der Waals surface area contributed by atoms with Crippen LogP contribution in [0.4, 0.5) is 5.69 Å². The summed E-state index contributed by atoms with van der Waals surface area (Å²) in [4.78, 5) is 47.8. The molecule has 0 bridgehead atoms. The topological polar surface area (TPSA) is 182 Å². The molecular weight excluding hydrogens is 494 g/mol. The molecule has 2 rings (SSSR count). The first-order valence-corrected chi connectivity index (χ1v) is 12.8. The number of nitrogens with two attached hydrogens (primary N) is 2. The second kappa shape index (κ2) is 12.6. The van der Waals surface area contributed by atoms with Gasteiger partial charge in [0.2, 0.25) is 0 Å². The number of rotatable bonds is 13. The third kappa shape index (κ3) is 8.28. The number of hydrogen-bond donors (Lipinski definition) is 5. The summed E-state index contributed by atoms with van der Waals surface area (Å²) in [6.07, 6.45) is 0. The SMILES string of the molecule is CC(C)(Oc1ccc(NC(=O)c2ccccc2)cc1)C(=O)C(SSC[C@H](N)C(=O)O)[C@H](N)C(=O)O. The van der Waals surface area contributed by atoms with Crippen molar-refractivity contribution in [2.75, 3.05) is 11.1 Å². The fourth-order valence-corrected chi connectivity index (χ4v) is 5.60. The van der Waals surface area contributed by atoms with Crippen molar-refractivity contribution in [1.29, 1.82) is 0 Å². The minimum Gasteiger partial charge on any atom is -0.480 e. The molecule has 1 unspecified atom stereocenters. The zero-order chi connectivity index (χ0) is 26.2. The number of carboxylic acids is 2. The molecule has 0 saturated carbocycles. The molecule has 0 aliphatic carbocycles. The van der Waals surface area contributed by atoms with Gasteiger partial charge in [0.1, 0.15) is 23.1 Å². The molecule has 0 saturated heterocycles. The lowest BCUT2D eigenvalue weighted by Crippen LogP contribution is -2.52. The van der Waals surface area contributed by atoms with Crippen LogP contribution in [0.15, 0.2) is 54.6 Å². The highest BCUT2D eigenvalue weighted by Crippen LogP contribution is 2.33. The molecule has 0 heterocycles. The van der Waals surface area contributed by atoms with E-state index in [2.05, 4.69) is 5.32 Å². The van der Waals surface area contributed by atoms with E-state index in [9.17, 15) is 24.3 Å². The summed E-state index contributed by atoms with van der Waals surface area (Å²) in [5, 5.41) is 19.8. The number of hydrogen-bond acceptors (Lipinski definition) is 9. The highest BCUT2D eigenvalue weighted by Gasteiger charge is 2.42. The van der Waals surface area contributed by atoms with Gasteiger partial charge in [-0.3, -0.25) is 19.2 Å². The van der Waals surface area contributed by atoms with Crippen LogP contribution in [0.3, 0.4) is 0 Å². The van der Waals surface area contributed by atoms with E-state index < -0.39 is 40.7 Å². The number of ketones is 1. The molecule has 0 aliphatic heterocycles. The summed E-state index contributed by atoms with van der Waals surface area (Å²) in [6.45, 7) is 2.96. The van der Waals surface area contributed by atoms with E-state index in [4.69, 9.17) is 21.3 Å². The first-order valence-electron chi connectivity index (χ1n) is 10.4. The lowest BCUT2D eigenvalue weighted by atomic mass is 9.96. The zero-order valence-electron chi connectivity index (χ0n) is 19.0. The molecule has 0 aliphatic rings. The third-order valence-corrected chi connectivity index (χ3v) is 7.51. The van der Waals surface area contributed by atoms with Crippen molar-refractivity contribution in [3.05, 3.63) is 60.2 Å². The number of amides is 1. The number of benzene rings is 2. The summed E-state index contributed by atoms with van der Waals surface area (Å²) in [5.74, 6) is -3.20. The highest BCUT2D eigenvalue weighted by molar-refractivity contribution is 8.77. The van der Waals surface area contributed by atoms with Gasteiger partial charge in [0.05, 0.1) is 0 Å². The maximum absolute atomic E-state index is 13.2. The number of Topliss-reactive ketones (excluding diaryl/α,β-unsaturated/α-hetero) is 1. The Morgan fingerprint density at radius 2 is 1.57 bits per heavy atom. The Labute approximate surface area is 210 Å². The average Bonchev–Trinajstić information content (AvgIpc) is 2.82. The first-order chi connectivity index (χ1) is 16.4. The van der Waals surface area contributed by atoms with Gasteiger partial charge in [0.15, 0.2) is 11.4 Å². The van der Waals surface area contributed by atoms with Gasteiger partial charge in [-0.25, -0.2) is 0 Å². The predicted octanol–water partition coefficient (Wildman–Crippen LogP) is 2.24. The summed E-state index contributed by atoms with van der Waals surface area (Å²) in [5.41, 5.74) is 10.8. The van der Waals surface area contributed by atoms with Crippen LogP contribution in [0, 0.1) is 0 Å². The smallest absolute Gasteiger partial charge is 0.322 e. The maximum atomic E-state index is 13.2. The molecule has 0 aromatic heterocycles. The molecule has 0 fully saturated rings. The maximum Gasteiger partial charge on any atom is 0.322 e. The molecule has 7 N–H and O–H groups in total. The van der Waals surface area contributed by atoms with Crippen molar-refractivity contribution in [1.82, 2.24) is 0 Å². The Balaban J connectivity index is 2.07. The van der Waals surface area contributed by atoms with Gasteiger partial charge in [-0.15, -0.1) is 0 Å². The highest BCUT2D eigenvalue weighted by atomic mass is 33.1. The lowest BCUT2D eigenvalue weighted by molar-refractivity contribution is -0.142. The number of aliphatic carboxylic acids is 2. The molecule has 35 heavy (non-hydrogen) atoms. The van der Waals surface area contributed by atoms with Crippen molar-refractivity contribution in [3.8, 4) is 5.75 Å². The van der Waals surface area contributed by atoms with E-state index in [-0.39, 0.29) is 11.7 Å². The standard InChI is InChI=1S/C23H27N3O7S2/c1-23(2,19(27)18(17(25)22(31)32)35-34-12-16(24)21(29)30)33-15-10-8-14(9-11-15)26-20(28)13-6-4-3-5-7-13/h3-11,16-18H,12,24-25H2,1-2H3,(H,26,28)(H,29,30)(H,31,32)/t16-,17-,18?/m0/s1. The fraction of sp³-hybridized carbons (Fsp3) is 0.304. The van der Waals surface area contributed by atoms with Crippen LogP contribution >= 0.6 is 21.6 Å². The minimum absolute atomic E-state index is 0.0480. The van der Waals surface area contributed by atoms with Gasteiger partial charge in [0, 0.05) is 17.0 Å². The van der Waals surface area contributed by atoms with Crippen LogP contribution in [-0.2, 0) is 14.4 Å². The van der Waals surface area contributed by atoms with E-state index in [1.807, 2.05) is 6.07 Å². The number of carbonyl (C=O) groups is 4. The van der Waals surface area contributed by atoms with E-state index >= 15 is 0 Å². The van der Waals surface area contributed by atoms with Crippen molar-refractivity contribution in [2.45, 2.75) is 36.8 Å². The number of nitrogens with one attached hydrogen (secondary N) is 1. The Bertz CT molecular complexity index is 1050. The zero-order valence-corrected chi connectivity index (χ0v) is 20.7. The largest absolute Gasteiger partial charge is 0.480 e. The van der Waals surface area contributed by atoms with Crippen molar-refractivity contribution in [2.24, 2.45) is 11.5 Å². The summed E-state index contributed by atoms with van der Waals surface area (Å²) >= 11 is 0. The van der Waals surface area contributed by atoms with E-state index in [0.29, 0.717) is 17.0 Å². The van der Waals surface area contributed by atoms with Crippen LogP contribution < -0.4 is 21.5 Å². The van der Waals surface area contributed by atoms with Crippen LogP contribution in [0.1, 0.15) is 24.2 Å². The van der Waals surface area contributed by atoms with Gasteiger partial charge in [-0.2, -0.15) is 0 Å². The molecule has 2 aromatic carbocycles. The molecule has 12 heteroatoms. The van der Waals surface area contributed by atoms with Gasteiger partial charge >= 0.3 is 11.9 Å². The van der Waals surface area contributed by atoms with Gasteiger partial charge < -0.3 is 31.7 Å². The molecule has 0 radical (unpaired) electrons. The summed E-state index contributed by atoms with van der Waals surface area (Å²) < 4.78 is 5.83. The van der Waals surface area contributed by atoms with Crippen molar-refractivity contribution < 1.29 is 34.1 Å². The molecule has 10 nitrogen and oxygen atoms in total. The molecule has 3 atom stereocenters. The summed E-state index contributed by atoms with van der Waals surface area (Å²) in [6, 6.07) is 12.3. The Morgan fingerprint density at radius 1 is 0.971 bits per heavy atom. The normalized spacial score (nSPS) is 13.8. The van der Waals surface area contributed by atoms with Crippen molar-refractivity contribution >= 4 is 50.9 Å². The molecule has 0 spiro atoms. The van der Waals surface area contributed by atoms with Crippen LogP contribution in [0.5, 0.6) is 5.75 Å². The quantitative estimate of drug-likeness (QED) is 0.244. The van der Waals surface area contributed by atoms with E-state index in [1.54, 1.807) is 48.5 Å². The molecular formula is C23H27N3O7S2. The predicted molar refractivity (Wildman–Crippen MR) is 136 cm³/mol. The monoisotopic (exact) mass is 521 g/mol.